The molecular formula is C11H19N3O3. The van der Waals surface area contributed by atoms with Crippen molar-refractivity contribution in [2.75, 3.05) is 13.1 Å². The number of nitrogens with zero attached hydrogens (tertiary/aromatic N) is 1. The average Bonchev–Trinajstić information content (AvgIpc) is 3.10. The Kier molecular flexibility index (Phi) is 3.51. The lowest BCUT2D eigenvalue weighted by atomic mass is 10.1. The van der Waals surface area contributed by atoms with E-state index in [9.17, 15) is 9.59 Å². The first-order valence-electron chi connectivity index (χ1n) is 6.11. The van der Waals surface area contributed by atoms with E-state index < -0.39 is 12.0 Å². The van der Waals surface area contributed by atoms with Gasteiger partial charge in [-0.1, -0.05) is 0 Å². The zero-order chi connectivity index (χ0) is 12.4. The molecule has 6 nitrogen and oxygen atoms in total. The molecule has 1 saturated heterocycles. The Morgan fingerprint density at radius 1 is 1.24 bits per heavy atom. The fourth-order valence-corrected chi connectivity index (χ4v) is 2.14. The molecule has 2 fully saturated rings. The predicted molar refractivity (Wildman–Crippen MR) is 61.5 cm³/mol. The smallest absolute Gasteiger partial charge is 0.326 e. The summed E-state index contributed by atoms with van der Waals surface area (Å²) in [7, 11) is 0. The van der Waals surface area contributed by atoms with Gasteiger partial charge in [0.15, 0.2) is 0 Å². The van der Waals surface area contributed by atoms with Gasteiger partial charge < -0.3 is 21.1 Å². The molecule has 96 valence electrons. The Morgan fingerprint density at radius 3 is 2.29 bits per heavy atom. The Morgan fingerprint density at radius 2 is 1.82 bits per heavy atom. The molecule has 2 amide bonds. The fraction of sp³-hybridized carbons (Fsp3) is 0.818. The number of rotatable bonds is 3. The van der Waals surface area contributed by atoms with Gasteiger partial charge in [0.25, 0.3) is 0 Å². The minimum absolute atomic E-state index is 0.114. The van der Waals surface area contributed by atoms with Gasteiger partial charge in [-0.3, -0.25) is 0 Å². The average molecular weight is 241 g/mol. The molecule has 1 unspecified atom stereocenters. The minimum atomic E-state index is -0.936. The van der Waals surface area contributed by atoms with Crippen LogP contribution in [-0.4, -0.2) is 47.2 Å². The number of aliphatic carboxylic acids is 1. The highest BCUT2D eigenvalue weighted by Gasteiger charge is 2.38. The van der Waals surface area contributed by atoms with E-state index in [0.29, 0.717) is 13.1 Å². The van der Waals surface area contributed by atoms with Crippen LogP contribution in [-0.2, 0) is 4.79 Å². The number of hydrogen-bond donors (Lipinski definition) is 3. The highest BCUT2D eigenvalue weighted by molar-refractivity contribution is 5.83. The lowest BCUT2D eigenvalue weighted by molar-refractivity contribution is -0.139. The van der Waals surface area contributed by atoms with E-state index in [2.05, 4.69) is 5.32 Å². The maximum absolute atomic E-state index is 11.9. The third-order valence-electron chi connectivity index (χ3n) is 3.47. The number of likely N-dealkylation sites (tertiary alicyclic amines) is 1. The van der Waals surface area contributed by atoms with Crippen molar-refractivity contribution in [3.63, 3.8) is 0 Å². The summed E-state index contributed by atoms with van der Waals surface area (Å²) in [6.07, 6.45) is 3.35. The normalized spacial score (nSPS) is 23.2. The number of carboxylic acids is 1. The van der Waals surface area contributed by atoms with Crippen molar-refractivity contribution in [3.05, 3.63) is 0 Å². The number of piperidine rings is 1. The Balaban J connectivity index is 1.85. The Labute approximate surface area is 100 Å². The second-order valence-electron chi connectivity index (χ2n) is 4.93. The van der Waals surface area contributed by atoms with Crippen molar-refractivity contribution in [2.24, 2.45) is 11.7 Å². The van der Waals surface area contributed by atoms with Crippen LogP contribution in [0.1, 0.15) is 25.7 Å². The molecule has 1 aliphatic carbocycles. The number of nitrogens with one attached hydrogen (secondary N) is 1. The first-order chi connectivity index (χ1) is 8.08. The highest BCUT2D eigenvalue weighted by atomic mass is 16.4. The van der Waals surface area contributed by atoms with Crippen LogP contribution in [0.25, 0.3) is 0 Å². The maximum atomic E-state index is 11.9. The van der Waals surface area contributed by atoms with Gasteiger partial charge in [0.2, 0.25) is 0 Å². The summed E-state index contributed by atoms with van der Waals surface area (Å²) < 4.78 is 0. The van der Waals surface area contributed by atoms with Crippen LogP contribution in [0.15, 0.2) is 0 Å². The quantitative estimate of drug-likeness (QED) is 0.647. The number of amides is 2. The summed E-state index contributed by atoms with van der Waals surface area (Å²) in [6, 6.07) is -0.827. The van der Waals surface area contributed by atoms with Crippen molar-refractivity contribution in [2.45, 2.75) is 37.8 Å². The van der Waals surface area contributed by atoms with Gasteiger partial charge in [-0.05, 0) is 31.6 Å². The van der Waals surface area contributed by atoms with Crippen molar-refractivity contribution >= 4 is 12.0 Å². The molecule has 4 N–H and O–H groups in total. The number of carbonyl (C=O) groups excluding carboxylic acids is 1. The first-order valence-corrected chi connectivity index (χ1v) is 6.11. The number of carbonyl (C=O) groups is 2. The monoisotopic (exact) mass is 241 g/mol. The van der Waals surface area contributed by atoms with Crippen LogP contribution in [0.5, 0.6) is 0 Å². The molecule has 0 spiro atoms. The highest BCUT2D eigenvalue weighted by Crippen LogP contribution is 2.32. The van der Waals surface area contributed by atoms with Crippen molar-refractivity contribution in [1.29, 1.82) is 0 Å². The van der Waals surface area contributed by atoms with Gasteiger partial charge in [0, 0.05) is 19.1 Å². The van der Waals surface area contributed by atoms with Crippen molar-refractivity contribution in [3.8, 4) is 0 Å². The van der Waals surface area contributed by atoms with Crippen LogP contribution in [0.2, 0.25) is 0 Å². The van der Waals surface area contributed by atoms with Gasteiger partial charge >= 0.3 is 12.0 Å². The van der Waals surface area contributed by atoms with Crippen LogP contribution >= 0.6 is 0 Å². The summed E-state index contributed by atoms with van der Waals surface area (Å²) in [4.78, 5) is 24.5. The molecule has 2 rings (SSSR count). The van der Waals surface area contributed by atoms with E-state index in [4.69, 9.17) is 10.8 Å². The van der Waals surface area contributed by atoms with Crippen LogP contribution in [0.3, 0.4) is 0 Å². The largest absolute Gasteiger partial charge is 0.480 e. The van der Waals surface area contributed by atoms with Crippen molar-refractivity contribution in [1.82, 2.24) is 10.2 Å². The van der Waals surface area contributed by atoms with E-state index in [1.54, 1.807) is 4.90 Å². The summed E-state index contributed by atoms with van der Waals surface area (Å²) in [6.45, 7) is 1.23. The van der Waals surface area contributed by atoms with E-state index in [1.807, 2.05) is 0 Å². The molecule has 1 saturated carbocycles. The molecule has 0 aromatic heterocycles. The molecule has 6 heteroatoms. The second kappa shape index (κ2) is 4.91. The third-order valence-corrected chi connectivity index (χ3v) is 3.47. The fourth-order valence-electron chi connectivity index (χ4n) is 2.14. The zero-order valence-corrected chi connectivity index (χ0v) is 9.76. The maximum Gasteiger partial charge on any atom is 0.326 e. The van der Waals surface area contributed by atoms with Crippen LogP contribution < -0.4 is 11.1 Å². The van der Waals surface area contributed by atoms with E-state index in [0.717, 1.165) is 25.7 Å². The lowest BCUT2D eigenvalue weighted by Crippen LogP contribution is -2.52. The van der Waals surface area contributed by atoms with Crippen molar-refractivity contribution < 1.29 is 14.7 Å². The topological polar surface area (TPSA) is 95.7 Å². The standard InChI is InChI=1S/C11H19N3O3/c12-8-3-5-14(6-4-8)11(17)13-9(10(15)16)7-1-2-7/h7-9H,1-6,12H2,(H,13,17)(H,15,16). The summed E-state index contributed by atoms with van der Waals surface area (Å²) in [5.41, 5.74) is 5.75. The van der Waals surface area contributed by atoms with Gasteiger partial charge in [0.05, 0.1) is 0 Å². The van der Waals surface area contributed by atoms with E-state index in [-0.39, 0.29) is 18.0 Å². The number of nitrogens with two attached hydrogens (primary N) is 1. The third kappa shape index (κ3) is 3.09. The zero-order valence-electron chi connectivity index (χ0n) is 9.76. The Bertz CT molecular complexity index is 309. The molecule has 0 aromatic carbocycles. The molecular weight excluding hydrogens is 222 g/mol. The van der Waals surface area contributed by atoms with Crippen LogP contribution in [0.4, 0.5) is 4.79 Å². The summed E-state index contributed by atoms with van der Waals surface area (Å²) in [5, 5.41) is 11.6. The van der Waals surface area contributed by atoms with Gasteiger partial charge in [0.1, 0.15) is 6.04 Å². The van der Waals surface area contributed by atoms with Gasteiger partial charge in [-0.2, -0.15) is 0 Å². The lowest BCUT2D eigenvalue weighted by Gasteiger charge is -2.31. The SMILES string of the molecule is NC1CCN(C(=O)NC(C(=O)O)C2CC2)CC1. The minimum Gasteiger partial charge on any atom is -0.480 e. The number of hydrogen-bond acceptors (Lipinski definition) is 3. The molecule has 0 bridgehead atoms. The summed E-state index contributed by atoms with van der Waals surface area (Å²) in [5.74, 6) is -0.821. The molecule has 0 radical (unpaired) electrons. The molecule has 2 aliphatic rings. The van der Waals surface area contributed by atoms with Crippen LogP contribution in [0, 0.1) is 5.92 Å². The molecule has 1 heterocycles. The molecule has 1 atom stereocenters. The molecule has 0 aromatic rings. The Hall–Kier alpha value is -1.30. The molecule has 1 aliphatic heterocycles. The molecule has 17 heavy (non-hydrogen) atoms. The van der Waals surface area contributed by atoms with Gasteiger partial charge in [-0.15, -0.1) is 0 Å². The second-order valence-corrected chi connectivity index (χ2v) is 4.93. The first kappa shape index (κ1) is 12.2. The number of carboxylic acid groups (broad SMARTS) is 1. The predicted octanol–water partition coefficient (Wildman–Crippen LogP) is -0.0177. The van der Waals surface area contributed by atoms with Gasteiger partial charge in [-0.25, -0.2) is 9.59 Å². The van der Waals surface area contributed by atoms with E-state index >= 15 is 0 Å². The summed E-state index contributed by atoms with van der Waals surface area (Å²) >= 11 is 0. The number of urea groups is 1. The van der Waals surface area contributed by atoms with E-state index in [1.165, 1.54) is 0 Å².